The number of nitrogens with zero attached hydrogens (tertiary/aromatic N) is 2. The second-order valence-electron chi connectivity index (χ2n) is 6.04. The minimum atomic E-state index is -0.337. The number of hydrogen-bond acceptors (Lipinski definition) is 5. The summed E-state index contributed by atoms with van der Waals surface area (Å²) in [5, 5.41) is 0. The number of carbonyl (C=O) groups is 1. The Bertz CT molecular complexity index is 1120. The molecule has 8 heteroatoms. The number of fused-ring (bicyclic) bond motifs is 1. The minimum Gasteiger partial charge on any atom is -0.493 e. The predicted octanol–water partition coefficient (Wildman–Crippen LogP) is 4.27. The van der Waals surface area contributed by atoms with Gasteiger partial charge in [0.25, 0.3) is 5.91 Å². The van der Waals surface area contributed by atoms with Crippen LogP contribution in [-0.2, 0) is 16.1 Å². The molecule has 0 spiro atoms. The summed E-state index contributed by atoms with van der Waals surface area (Å²) in [4.78, 5) is 17.4. The summed E-state index contributed by atoms with van der Waals surface area (Å²) < 4.78 is 19.8. The van der Waals surface area contributed by atoms with Crippen molar-refractivity contribution >= 4 is 49.5 Å². The van der Waals surface area contributed by atoms with Crippen LogP contribution in [0.25, 0.3) is 16.3 Å². The third kappa shape index (κ3) is 5.14. The van der Waals surface area contributed by atoms with Crippen LogP contribution in [-0.4, -0.2) is 38.4 Å². The van der Waals surface area contributed by atoms with E-state index in [2.05, 4.69) is 20.9 Å². The summed E-state index contributed by atoms with van der Waals surface area (Å²) in [5.41, 5.74) is 1.84. The lowest BCUT2D eigenvalue weighted by molar-refractivity contribution is -0.113. The van der Waals surface area contributed by atoms with Crippen molar-refractivity contribution in [3.8, 4) is 11.5 Å². The molecule has 29 heavy (non-hydrogen) atoms. The van der Waals surface area contributed by atoms with Crippen molar-refractivity contribution in [2.24, 2.45) is 4.99 Å². The first kappa shape index (κ1) is 21.3. The Morgan fingerprint density at radius 3 is 2.66 bits per heavy atom. The molecule has 0 unspecified atom stereocenters. The van der Waals surface area contributed by atoms with Gasteiger partial charge < -0.3 is 18.8 Å². The molecule has 0 fully saturated rings. The molecule has 1 aromatic heterocycles. The first-order chi connectivity index (χ1) is 14.0. The van der Waals surface area contributed by atoms with Crippen LogP contribution in [0.5, 0.6) is 11.5 Å². The van der Waals surface area contributed by atoms with Gasteiger partial charge in [-0.3, -0.25) is 4.79 Å². The Morgan fingerprint density at radius 1 is 1.14 bits per heavy atom. The number of benzene rings is 2. The van der Waals surface area contributed by atoms with E-state index in [0.29, 0.717) is 29.5 Å². The summed E-state index contributed by atoms with van der Waals surface area (Å²) in [7, 11) is 4.81. The largest absolute Gasteiger partial charge is 0.493 e. The number of carbonyl (C=O) groups excluding carboxylic acids is 1. The standard InChI is InChI=1S/C21H21BrN2O4S/c1-26-11-10-24-16-7-6-15(22)13-19(16)29-21(24)23-20(25)9-5-14-4-8-17(27-2)18(12-14)28-3/h4-9,12-13H,10-11H2,1-3H3. The molecule has 0 aliphatic rings. The zero-order valence-electron chi connectivity index (χ0n) is 16.3. The van der Waals surface area contributed by atoms with E-state index in [1.165, 1.54) is 17.4 Å². The van der Waals surface area contributed by atoms with Gasteiger partial charge >= 0.3 is 0 Å². The Morgan fingerprint density at radius 2 is 1.93 bits per heavy atom. The molecular formula is C21H21BrN2O4S. The van der Waals surface area contributed by atoms with Crippen molar-refractivity contribution in [1.29, 1.82) is 0 Å². The van der Waals surface area contributed by atoms with Crippen LogP contribution >= 0.6 is 27.3 Å². The number of thiazole rings is 1. The smallest absolute Gasteiger partial charge is 0.272 e. The molecule has 6 nitrogen and oxygen atoms in total. The molecule has 0 aliphatic carbocycles. The number of methoxy groups -OCH3 is 3. The lowest BCUT2D eigenvalue weighted by Crippen LogP contribution is -2.18. The van der Waals surface area contributed by atoms with Crippen LogP contribution in [0.2, 0.25) is 0 Å². The Hall–Kier alpha value is -2.42. The summed E-state index contributed by atoms with van der Waals surface area (Å²) in [6.07, 6.45) is 3.15. The van der Waals surface area contributed by atoms with Crippen LogP contribution in [0, 0.1) is 0 Å². The number of halogens is 1. The van der Waals surface area contributed by atoms with Crippen molar-refractivity contribution in [1.82, 2.24) is 4.57 Å². The SMILES string of the molecule is COCCn1c(=NC(=O)C=Cc2ccc(OC)c(OC)c2)sc2cc(Br)ccc21. The zero-order chi connectivity index (χ0) is 20.8. The maximum atomic E-state index is 12.5. The number of hydrogen-bond donors (Lipinski definition) is 0. The van der Waals surface area contributed by atoms with Gasteiger partial charge in [-0.25, -0.2) is 0 Å². The van der Waals surface area contributed by atoms with Gasteiger partial charge in [0, 0.05) is 24.2 Å². The van der Waals surface area contributed by atoms with E-state index in [1.807, 2.05) is 28.8 Å². The topological polar surface area (TPSA) is 62.1 Å². The Balaban J connectivity index is 1.92. The minimum absolute atomic E-state index is 0.337. The first-order valence-electron chi connectivity index (χ1n) is 8.82. The van der Waals surface area contributed by atoms with Crippen LogP contribution in [0.3, 0.4) is 0 Å². The van der Waals surface area contributed by atoms with Gasteiger partial charge in [-0.2, -0.15) is 4.99 Å². The zero-order valence-corrected chi connectivity index (χ0v) is 18.7. The van der Waals surface area contributed by atoms with E-state index in [0.717, 1.165) is 20.3 Å². The van der Waals surface area contributed by atoms with Crippen molar-refractivity contribution < 1.29 is 19.0 Å². The van der Waals surface area contributed by atoms with Gasteiger partial charge in [-0.1, -0.05) is 33.3 Å². The van der Waals surface area contributed by atoms with Crippen LogP contribution < -0.4 is 14.3 Å². The molecule has 0 atom stereocenters. The average molecular weight is 477 g/mol. The van der Waals surface area contributed by atoms with E-state index in [-0.39, 0.29) is 5.91 Å². The molecule has 0 saturated heterocycles. The molecule has 3 aromatic rings. The van der Waals surface area contributed by atoms with Crippen molar-refractivity contribution in [2.75, 3.05) is 27.9 Å². The second-order valence-corrected chi connectivity index (χ2v) is 7.96. The van der Waals surface area contributed by atoms with Crippen LogP contribution in [0.1, 0.15) is 5.56 Å². The maximum absolute atomic E-state index is 12.5. The number of ether oxygens (including phenoxy) is 3. The Kier molecular flexibility index (Phi) is 7.24. The van der Waals surface area contributed by atoms with Gasteiger partial charge in [-0.15, -0.1) is 0 Å². The molecule has 3 rings (SSSR count). The summed E-state index contributed by atoms with van der Waals surface area (Å²) >= 11 is 4.96. The molecule has 1 amide bonds. The van der Waals surface area contributed by atoms with Gasteiger partial charge in [-0.05, 0) is 42.0 Å². The Labute approximate surface area is 181 Å². The highest BCUT2D eigenvalue weighted by molar-refractivity contribution is 9.10. The fourth-order valence-corrected chi connectivity index (χ4v) is 4.40. The van der Waals surface area contributed by atoms with Crippen molar-refractivity contribution in [2.45, 2.75) is 6.54 Å². The van der Waals surface area contributed by atoms with E-state index in [4.69, 9.17) is 14.2 Å². The van der Waals surface area contributed by atoms with Gasteiger partial charge in [0.1, 0.15) is 0 Å². The maximum Gasteiger partial charge on any atom is 0.272 e. The summed E-state index contributed by atoms with van der Waals surface area (Å²) in [6, 6.07) is 11.4. The molecule has 0 N–H and O–H groups in total. The number of rotatable bonds is 7. The van der Waals surface area contributed by atoms with E-state index in [1.54, 1.807) is 39.5 Å². The third-order valence-corrected chi connectivity index (χ3v) is 5.73. The van der Waals surface area contributed by atoms with Gasteiger partial charge in [0.15, 0.2) is 16.3 Å². The third-order valence-electron chi connectivity index (χ3n) is 4.20. The average Bonchev–Trinajstić information content (AvgIpc) is 3.06. The molecule has 1 heterocycles. The second kappa shape index (κ2) is 9.87. The lowest BCUT2D eigenvalue weighted by atomic mass is 10.2. The number of aromatic nitrogens is 1. The normalized spacial score (nSPS) is 12.1. The molecule has 0 radical (unpaired) electrons. The fraction of sp³-hybridized carbons (Fsp3) is 0.238. The molecule has 0 saturated carbocycles. The summed E-state index contributed by atoms with van der Waals surface area (Å²) in [6.45, 7) is 1.15. The van der Waals surface area contributed by atoms with Crippen LogP contribution in [0.15, 0.2) is 51.9 Å². The predicted molar refractivity (Wildman–Crippen MR) is 119 cm³/mol. The van der Waals surface area contributed by atoms with Crippen molar-refractivity contribution in [3.05, 3.63) is 57.3 Å². The molecular weight excluding hydrogens is 456 g/mol. The summed E-state index contributed by atoms with van der Waals surface area (Å²) in [5.74, 6) is 0.902. The lowest BCUT2D eigenvalue weighted by Gasteiger charge is -2.07. The highest BCUT2D eigenvalue weighted by Crippen LogP contribution is 2.28. The first-order valence-corrected chi connectivity index (χ1v) is 10.4. The van der Waals surface area contributed by atoms with Crippen molar-refractivity contribution in [3.63, 3.8) is 0 Å². The molecule has 0 aliphatic heterocycles. The number of amides is 1. The monoisotopic (exact) mass is 476 g/mol. The van der Waals surface area contributed by atoms with Gasteiger partial charge in [0.05, 0.1) is 31.0 Å². The highest BCUT2D eigenvalue weighted by atomic mass is 79.9. The van der Waals surface area contributed by atoms with Crippen LogP contribution in [0.4, 0.5) is 0 Å². The van der Waals surface area contributed by atoms with E-state index < -0.39 is 0 Å². The highest BCUT2D eigenvalue weighted by Gasteiger charge is 2.08. The van der Waals surface area contributed by atoms with E-state index in [9.17, 15) is 4.79 Å². The van der Waals surface area contributed by atoms with Gasteiger partial charge in [0.2, 0.25) is 0 Å². The fourth-order valence-electron chi connectivity index (χ4n) is 2.79. The molecule has 0 bridgehead atoms. The van der Waals surface area contributed by atoms with E-state index >= 15 is 0 Å². The molecule has 2 aromatic carbocycles. The molecule has 152 valence electrons. The quantitative estimate of drug-likeness (QED) is 0.477.